The molecule has 0 amide bonds. The highest BCUT2D eigenvalue weighted by Crippen LogP contribution is 2.16. The molecule has 18 heavy (non-hydrogen) atoms. The van der Waals surface area contributed by atoms with Crippen LogP contribution in [0, 0.1) is 11.3 Å². The molecule has 0 unspecified atom stereocenters. The number of Topliss-reactive ketones (excluding diaryl/α,β-unsaturated/α-hetero) is 1. The lowest BCUT2D eigenvalue weighted by atomic mass is 9.98. The standard InChI is InChI=1S/C13H12ClNO3/c1-2-18-13(17)11-5-3-4-9(12(11)8-15)6-10(16)7-14/h3-5H,2,6-7H2,1H3. The van der Waals surface area contributed by atoms with Crippen LogP contribution in [0.4, 0.5) is 0 Å². The molecular weight excluding hydrogens is 254 g/mol. The van der Waals surface area contributed by atoms with E-state index in [9.17, 15) is 9.59 Å². The van der Waals surface area contributed by atoms with Crippen molar-refractivity contribution < 1.29 is 14.3 Å². The Morgan fingerprint density at radius 3 is 2.72 bits per heavy atom. The summed E-state index contributed by atoms with van der Waals surface area (Å²) in [6, 6.07) is 6.69. The van der Waals surface area contributed by atoms with Gasteiger partial charge in [0.2, 0.25) is 0 Å². The first kappa shape index (κ1) is 14.2. The lowest BCUT2D eigenvalue weighted by Crippen LogP contribution is -2.11. The molecule has 0 radical (unpaired) electrons. The molecule has 0 atom stereocenters. The van der Waals surface area contributed by atoms with Crippen LogP contribution in [0.2, 0.25) is 0 Å². The summed E-state index contributed by atoms with van der Waals surface area (Å²) in [6.45, 7) is 1.92. The van der Waals surface area contributed by atoms with Gasteiger partial charge in [0.05, 0.1) is 23.6 Å². The quantitative estimate of drug-likeness (QED) is 0.604. The third-order valence-electron chi connectivity index (χ3n) is 2.29. The number of carbonyl (C=O) groups is 2. The molecule has 0 fully saturated rings. The van der Waals surface area contributed by atoms with Crippen LogP contribution >= 0.6 is 11.6 Å². The number of alkyl halides is 1. The molecule has 4 nitrogen and oxygen atoms in total. The smallest absolute Gasteiger partial charge is 0.339 e. The van der Waals surface area contributed by atoms with Crippen molar-refractivity contribution in [2.24, 2.45) is 0 Å². The van der Waals surface area contributed by atoms with Gasteiger partial charge in [-0.15, -0.1) is 11.6 Å². The van der Waals surface area contributed by atoms with Gasteiger partial charge in [-0.2, -0.15) is 5.26 Å². The zero-order valence-electron chi connectivity index (χ0n) is 9.90. The van der Waals surface area contributed by atoms with Gasteiger partial charge >= 0.3 is 5.97 Å². The van der Waals surface area contributed by atoms with Crippen LogP contribution < -0.4 is 0 Å². The number of nitrogens with zero attached hydrogens (tertiary/aromatic N) is 1. The summed E-state index contributed by atoms with van der Waals surface area (Å²) in [4.78, 5) is 22.9. The number of rotatable bonds is 5. The van der Waals surface area contributed by atoms with E-state index >= 15 is 0 Å². The van der Waals surface area contributed by atoms with Crippen LogP contribution in [0.25, 0.3) is 0 Å². The molecule has 1 rings (SSSR count). The molecule has 0 heterocycles. The largest absolute Gasteiger partial charge is 0.462 e. The summed E-state index contributed by atoms with van der Waals surface area (Å²) >= 11 is 5.43. The molecule has 0 aromatic heterocycles. The van der Waals surface area contributed by atoms with Crippen molar-refractivity contribution in [1.82, 2.24) is 0 Å². The van der Waals surface area contributed by atoms with Gasteiger partial charge in [0.1, 0.15) is 6.07 Å². The number of esters is 1. The van der Waals surface area contributed by atoms with Crippen molar-refractivity contribution in [3.63, 3.8) is 0 Å². The highest BCUT2D eigenvalue weighted by atomic mass is 35.5. The normalized spacial score (nSPS) is 9.61. The molecule has 0 bridgehead atoms. The summed E-state index contributed by atoms with van der Waals surface area (Å²) in [6.07, 6.45) is 0.0413. The molecule has 0 aliphatic carbocycles. The zero-order chi connectivity index (χ0) is 13.5. The first-order valence-corrected chi connectivity index (χ1v) is 5.94. The van der Waals surface area contributed by atoms with E-state index < -0.39 is 5.97 Å². The van der Waals surface area contributed by atoms with E-state index in [1.807, 2.05) is 6.07 Å². The molecule has 1 aromatic carbocycles. The van der Waals surface area contributed by atoms with E-state index in [0.29, 0.717) is 5.56 Å². The number of hydrogen-bond donors (Lipinski definition) is 0. The number of carbonyl (C=O) groups excluding carboxylic acids is 2. The minimum Gasteiger partial charge on any atom is -0.462 e. The van der Waals surface area contributed by atoms with E-state index in [-0.39, 0.29) is 35.8 Å². The first-order chi connectivity index (χ1) is 8.63. The van der Waals surface area contributed by atoms with Crippen LogP contribution in [0.1, 0.15) is 28.4 Å². The summed E-state index contributed by atoms with van der Waals surface area (Å²) < 4.78 is 4.86. The van der Waals surface area contributed by atoms with Crippen LogP contribution in [-0.2, 0) is 16.0 Å². The fourth-order valence-corrected chi connectivity index (χ4v) is 1.61. The van der Waals surface area contributed by atoms with Crippen molar-refractivity contribution >= 4 is 23.4 Å². The predicted octanol–water partition coefficient (Wildman–Crippen LogP) is 2.09. The fourth-order valence-electron chi connectivity index (χ4n) is 1.52. The Morgan fingerprint density at radius 1 is 1.44 bits per heavy atom. The van der Waals surface area contributed by atoms with Gasteiger partial charge in [0.25, 0.3) is 0 Å². The average Bonchev–Trinajstić information content (AvgIpc) is 2.38. The lowest BCUT2D eigenvalue weighted by Gasteiger charge is -2.07. The molecule has 0 spiro atoms. The highest BCUT2D eigenvalue weighted by Gasteiger charge is 2.16. The fraction of sp³-hybridized carbons (Fsp3) is 0.308. The number of nitriles is 1. The SMILES string of the molecule is CCOC(=O)c1cccc(CC(=O)CCl)c1C#N. The molecule has 0 aliphatic rings. The van der Waals surface area contributed by atoms with E-state index in [1.165, 1.54) is 6.07 Å². The third-order valence-corrected chi connectivity index (χ3v) is 2.59. The average molecular weight is 266 g/mol. The van der Waals surface area contributed by atoms with Gasteiger partial charge < -0.3 is 4.74 Å². The van der Waals surface area contributed by atoms with Crippen molar-refractivity contribution in [2.45, 2.75) is 13.3 Å². The number of ketones is 1. The van der Waals surface area contributed by atoms with Crippen molar-refractivity contribution in [3.05, 3.63) is 34.9 Å². The molecule has 0 saturated carbocycles. The Morgan fingerprint density at radius 2 is 2.17 bits per heavy atom. The van der Waals surface area contributed by atoms with Gasteiger partial charge in [-0.25, -0.2) is 4.79 Å². The Hall–Kier alpha value is -1.86. The van der Waals surface area contributed by atoms with Crippen LogP contribution in [0.15, 0.2) is 18.2 Å². The Kier molecular flexibility index (Phi) is 5.34. The molecule has 0 saturated heterocycles. The van der Waals surface area contributed by atoms with E-state index in [4.69, 9.17) is 21.6 Å². The van der Waals surface area contributed by atoms with E-state index in [2.05, 4.69) is 0 Å². The lowest BCUT2D eigenvalue weighted by molar-refractivity contribution is -0.116. The first-order valence-electron chi connectivity index (χ1n) is 5.40. The Balaban J connectivity index is 3.15. The van der Waals surface area contributed by atoms with Crippen LogP contribution in [0.5, 0.6) is 0 Å². The molecule has 0 aliphatic heterocycles. The second-order valence-corrected chi connectivity index (χ2v) is 3.79. The summed E-state index contributed by atoms with van der Waals surface area (Å²) in [5, 5.41) is 9.10. The number of ether oxygens (including phenoxy) is 1. The van der Waals surface area contributed by atoms with Crippen LogP contribution in [0.3, 0.4) is 0 Å². The Bertz CT molecular complexity index is 505. The maximum Gasteiger partial charge on any atom is 0.339 e. The van der Waals surface area contributed by atoms with E-state index in [0.717, 1.165) is 0 Å². The number of benzene rings is 1. The summed E-state index contributed by atoms with van der Waals surface area (Å²) in [5.41, 5.74) is 0.849. The topological polar surface area (TPSA) is 67.2 Å². The van der Waals surface area contributed by atoms with E-state index in [1.54, 1.807) is 19.1 Å². The summed E-state index contributed by atoms with van der Waals surface area (Å²) in [7, 11) is 0. The van der Waals surface area contributed by atoms with Gasteiger partial charge in [-0.05, 0) is 18.6 Å². The molecule has 0 N–H and O–H groups in total. The summed E-state index contributed by atoms with van der Waals surface area (Å²) in [5.74, 6) is -0.877. The van der Waals surface area contributed by atoms with Crippen molar-refractivity contribution in [2.75, 3.05) is 12.5 Å². The molecular formula is C13H12ClNO3. The predicted molar refractivity (Wildman–Crippen MR) is 66.5 cm³/mol. The second kappa shape index (κ2) is 6.77. The maximum absolute atomic E-state index is 11.6. The molecule has 94 valence electrons. The highest BCUT2D eigenvalue weighted by molar-refractivity contribution is 6.27. The Labute approximate surface area is 110 Å². The minimum atomic E-state index is -0.561. The van der Waals surface area contributed by atoms with Gasteiger partial charge in [-0.3, -0.25) is 4.79 Å². The van der Waals surface area contributed by atoms with Crippen molar-refractivity contribution in [3.8, 4) is 6.07 Å². The third kappa shape index (κ3) is 3.31. The van der Waals surface area contributed by atoms with Crippen molar-refractivity contribution in [1.29, 1.82) is 5.26 Å². The zero-order valence-corrected chi connectivity index (χ0v) is 10.7. The second-order valence-electron chi connectivity index (χ2n) is 3.52. The maximum atomic E-state index is 11.6. The number of halogens is 1. The van der Waals surface area contributed by atoms with Gasteiger partial charge in [0, 0.05) is 6.42 Å². The van der Waals surface area contributed by atoms with Gasteiger partial charge in [-0.1, -0.05) is 12.1 Å². The monoisotopic (exact) mass is 265 g/mol. The molecule has 5 heteroatoms. The molecule has 1 aromatic rings. The number of hydrogen-bond acceptors (Lipinski definition) is 4. The van der Waals surface area contributed by atoms with Gasteiger partial charge in [0.15, 0.2) is 5.78 Å². The van der Waals surface area contributed by atoms with Crippen LogP contribution in [-0.4, -0.2) is 24.2 Å². The minimum absolute atomic E-state index is 0.0413.